The molecule has 174 valence electrons. The third-order valence-electron chi connectivity index (χ3n) is 6.02. The van der Waals surface area contributed by atoms with Gasteiger partial charge in [-0.05, 0) is 50.6 Å². The number of sulfone groups is 1. The third kappa shape index (κ3) is 4.24. The molecule has 0 aliphatic carbocycles. The van der Waals surface area contributed by atoms with Crippen molar-refractivity contribution >= 4 is 9.84 Å². The van der Waals surface area contributed by atoms with Crippen molar-refractivity contribution < 1.29 is 17.3 Å². The number of halogens is 1. The summed E-state index contributed by atoms with van der Waals surface area (Å²) in [7, 11) is -3.40. The molecule has 1 aliphatic heterocycles. The predicted molar refractivity (Wildman–Crippen MR) is 126 cm³/mol. The Morgan fingerprint density at radius 1 is 1.09 bits per heavy atom. The first-order valence-corrected chi connectivity index (χ1v) is 12.6. The SMILES string of the molecule is Cc1ncc(-c2ccc(S(=O)(=O)C3CCCNC3)cc2)nc1-c1cc(-c2ccccc2F)no1. The van der Waals surface area contributed by atoms with E-state index < -0.39 is 20.9 Å². The maximum Gasteiger partial charge on any atom is 0.187 e. The molecule has 0 saturated carbocycles. The quantitative estimate of drug-likeness (QED) is 0.453. The van der Waals surface area contributed by atoms with Crippen LogP contribution in [-0.2, 0) is 9.84 Å². The zero-order valence-electron chi connectivity index (χ0n) is 18.5. The van der Waals surface area contributed by atoms with Crippen LogP contribution < -0.4 is 5.32 Å². The average molecular weight is 479 g/mol. The summed E-state index contributed by atoms with van der Waals surface area (Å²) in [5.74, 6) is -0.0212. The van der Waals surface area contributed by atoms with Crippen LogP contribution in [0.15, 0.2) is 70.2 Å². The molecule has 0 spiro atoms. The van der Waals surface area contributed by atoms with Crippen molar-refractivity contribution in [2.24, 2.45) is 0 Å². The molecule has 1 unspecified atom stereocenters. The highest BCUT2D eigenvalue weighted by Crippen LogP contribution is 2.30. The topological polar surface area (TPSA) is 98.0 Å². The molecule has 7 nitrogen and oxygen atoms in total. The van der Waals surface area contributed by atoms with Gasteiger partial charge in [0.2, 0.25) is 0 Å². The summed E-state index contributed by atoms with van der Waals surface area (Å²) < 4.78 is 45.5. The number of nitrogens with zero attached hydrogens (tertiary/aromatic N) is 3. The van der Waals surface area contributed by atoms with Gasteiger partial charge >= 0.3 is 0 Å². The van der Waals surface area contributed by atoms with Crippen molar-refractivity contribution in [2.75, 3.05) is 13.1 Å². The first-order valence-electron chi connectivity index (χ1n) is 11.0. The number of benzene rings is 2. The lowest BCUT2D eigenvalue weighted by molar-refractivity contribution is 0.432. The van der Waals surface area contributed by atoms with E-state index >= 15 is 0 Å². The molecule has 0 amide bonds. The van der Waals surface area contributed by atoms with E-state index in [1.807, 2.05) is 0 Å². The average Bonchev–Trinajstić information content (AvgIpc) is 3.35. The highest BCUT2D eigenvalue weighted by molar-refractivity contribution is 7.92. The minimum Gasteiger partial charge on any atom is -0.354 e. The summed E-state index contributed by atoms with van der Waals surface area (Å²) in [6.07, 6.45) is 3.14. The van der Waals surface area contributed by atoms with Crippen molar-refractivity contribution in [3.63, 3.8) is 0 Å². The molecule has 1 saturated heterocycles. The molecular formula is C25H23FN4O3S. The Morgan fingerprint density at radius 2 is 1.88 bits per heavy atom. The molecule has 5 rings (SSSR count). The molecule has 0 bridgehead atoms. The van der Waals surface area contributed by atoms with E-state index in [9.17, 15) is 12.8 Å². The van der Waals surface area contributed by atoms with E-state index in [0.717, 1.165) is 18.5 Å². The lowest BCUT2D eigenvalue weighted by Gasteiger charge is -2.22. The van der Waals surface area contributed by atoms with Crippen molar-refractivity contribution in [2.45, 2.75) is 29.9 Å². The predicted octanol–water partition coefficient (Wildman–Crippen LogP) is 4.44. The van der Waals surface area contributed by atoms with Gasteiger partial charge in [-0.25, -0.2) is 17.8 Å². The second kappa shape index (κ2) is 9.08. The van der Waals surface area contributed by atoms with Gasteiger partial charge < -0.3 is 9.84 Å². The monoisotopic (exact) mass is 478 g/mol. The maximum atomic E-state index is 14.1. The Bertz CT molecular complexity index is 1430. The van der Waals surface area contributed by atoms with Gasteiger partial charge in [0.05, 0.1) is 27.7 Å². The molecule has 1 N–H and O–H groups in total. The minimum absolute atomic E-state index is 0.301. The van der Waals surface area contributed by atoms with E-state index in [4.69, 9.17) is 4.52 Å². The lowest BCUT2D eigenvalue weighted by Crippen LogP contribution is -2.38. The Labute approximate surface area is 197 Å². The van der Waals surface area contributed by atoms with Crippen LogP contribution in [0.4, 0.5) is 4.39 Å². The summed E-state index contributed by atoms with van der Waals surface area (Å²) in [6.45, 7) is 3.13. The molecule has 0 radical (unpaired) electrons. The van der Waals surface area contributed by atoms with Crippen LogP contribution >= 0.6 is 0 Å². The Hall–Kier alpha value is -3.43. The maximum absolute atomic E-state index is 14.1. The van der Waals surface area contributed by atoms with Crippen molar-refractivity contribution in [3.8, 4) is 34.0 Å². The second-order valence-corrected chi connectivity index (χ2v) is 10.5. The molecule has 1 atom stereocenters. The van der Waals surface area contributed by atoms with Crippen LogP contribution in [0.5, 0.6) is 0 Å². The van der Waals surface area contributed by atoms with Gasteiger partial charge in [-0.2, -0.15) is 0 Å². The Kier molecular flexibility index (Phi) is 5.97. The summed E-state index contributed by atoms with van der Waals surface area (Å²) >= 11 is 0. The van der Waals surface area contributed by atoms with E-state index in [-0.39, 0.29) is 0 Å². The Balaban J connectivity index is 1.44. The first-order chi connectivity index (χ1) is 16.4. The first kappa shape index (κ1) is 22.4. The zero-order valence-corrected chi connectivity index (χ0v) is 19.3. The number of rotatable bonds is 5. The smallest absolute Gasteiger partial charge is 0.187 e. The lowest BCUT2D eigenvalue weighted by atomic mass is 10.1. The summed E-state index contributed by atoms with van der Waals surface area (Å²) in [5.41, 5.74) is 3.10. The van der Waals surface area contributed by atoms with Crippen LogP contribution in [0.25, 0.3) is 34.0 Å². The molecule has 1 fully saturated rings. The van der Waals surface area contributed by atoms with E-state index in [1.165, 1.54) is 6.07 Å². The van der Waals surface area contributed by atoms with Crippen molar-refractivity contribution in [3.05, 3.63) is 72.3 Å². The third-order valence-corrected chi connectivity index (χ3v) is 8.23. The van der Waals surface area contributed by atoms with E-state index in [2.05, 4.69) is 20.4 Å². The molecule has 3 heterocycles. The number of hydrogen-bond donors (Lipinski definition) is 1. The molecule has 2 aromatic carbocycles. The fourth-order valence-corrected chi connectivity index (χ4v) is 5.81. The highest BCUT2D eigenvalue weighted by atomic mass is 32.2. The summed E-state index contributed by atoms with van der Waals surface area (Å²) in [4.78, 5) is 9.40. The van der Waals surface area contributed by atoms with Gasteiger partial charge in [-0.3, -0.25) is 4.98 Å². The second-order valence-electron chi connectivity index (χ2n) is 8.28. The summed E-state index contributed by atoms with van der Waals surface area (Å²) in [5, 5.41) is 6.74. The van der Waals surface area contributed by atoms with Gasteiger partial charge in [-0.15, -0.1) is 0 Å². The van der Waals surface area contributed by atoms with Crippen LogP contribution in [0.1, 0.15) is 18.5 Å². The zero-order chi connectivity index (χ0) is 23.7. The standard InChI is InChI=1S/C25H23FN4O3S/c1-16-25(24-13-22(30-33-24)20-6-2-3-7-21(20)26)29-23(15-28-16)17-8-10-18(11-9-17)34(31,32)19-5-4-12-27-14-19/h2-3,6-11,13,15,19,27H,4-5,12,14H2,1H3. The molecule has 1 aliphatic rings. The van der Waals surface area contributed by atoms with Crippen molar-refractivity contribution in [1.82, 2.24) is 20.4 Å². The number of aromatic nitrogens is 3. The van der Waals surface area contributed by atoms with Crippen LogP contribution in [-0.4, -0.2) is 41.9 Å². The van der Waals surface area contributed by atoms with Crippen molar-refractivity contribution in [1.29, 1.82) is 0 Å². The number of aryl methyl sites for hydroxylation is 1. The van der Waals surface area contributed by atoms with Gasteiger partial charge in [-0.1, -0.05) is 29.4 Å². The summed E-state index contributed by atoms with van der Waals surface area (Å²) in [6, 6.07) is 14.7. The van der Waals surface area contributed by atoms with E-state index in [0.29, 0.717) is 52.0 Å². The van der Waals surface area contributed by atoms with Gasteiger partial charge in [0.1, 0.15) is 17.2 Å². The molecule has 9 heteroatoms. The van der Waals surface area contributed by atoms with Gasteiger partial charge in [0, 0.05) is 23.7 Å². The van der Waals surface area contributed by atoms with E-state index in [1.54, 1.807) is 61.7 Å². The molecular weight excluding hydrogens is 455 g/mol. The largest absolute Gasteiger partial charge is 0.354 e. The fourth-order valence-electron chi connectivity index (χ4n) is 4.10. The molecule has 34 heavy (non-hydrogen) atoms. The van der Waals surface area contributed by atoms with Crippen LogP contribution in [0, 0.1) is 12.7 Å². The van der Waals surface area contributed by atoms with Gasteiger partial charge in [0.25, 0.3) is 0 Å². The minimum atomic E-state index is -3.40. The Morgan fingerprint density at radius 3 is 2.62 bits per heavy atom. The fraction of sp³-hybridized carbons (Fsp3) is 0.240. The number of nitrogens with one attached hydrogen (secondary N) is 1. The molecule has 2 aromatic heterocycles. The number of piperidine rings is 1. The molecule has 4 aromatic rings. The number of hydrogen-bond acceptors (Lipinski definition) is 7. The van der Waals surface area contributed by atoms with Crippen LogP contribution in [0.2, 0.25) is 0 Å². The normalized spacial score (nSPS) is 16.5. The van der Waals surface area contributed by atoms with Crippen LogP contribution in [0.3, 0.4) is 0 Å². The highest BCUT2D eigenvalue weighted by Gasteiger charge is 2.28. The van der Waals surface area contributed by atoms with Gasteiger partial charge in [0.15, 0.2) is 15.6 Å².